The van der Waals surface area contributed by atoms with Crippen molar-refractivity contribution in [3.05, 3.63) is 24.8 Å². The zero-order chi connectivity index (χ0) is 16.7. The molecule has 0 aromatic carbocycles. The lowest BCUT2D eigenvalue weighted by Gasteiger charge is -2.28. The monoisotopic (exact) mass is 306 g/mol. The zero-order valence-corrected chi connectivity index (χ0v) is 13.7. The van der Waals surface area contributed by atoms with Crippen molar-refractivity contribution in [1.82, 2.24) is 0 Å². The first-order valence-electron chi connectivity index (χ1n) is 7.91. The van der Waals surface area contributed by atoms with E-state index in [4.69, 9.17) is 4.74 Å². The number of esters is 1. The number of carbonyl (C=O) groups excluding carboxylic acids is 1. The number of aliphatic carboxylic acids is 1. The molecular weight excluding hydrogens is 280 g/mol. The number of carboxylic acid groups (broad SMARTS) is 1. The van der Waals surface area contributed by atoms with Gasteiger partial charge >= 0.3 is 11.9 Å². The standard InChI is InChI=1S/C18H26O4/c1-6-7-13(10(2)3)22-17(21)15-12-9-8-11(18(12,4)5)14(15)16(19)20/h6,11-15H,1-2,7-9H2,3-5H3,(H,19,20). The van der Waals surface area contributed by atoms with Crippen LogP contribution in [0.2, 0.25) is 0 Å². The van der Waals surface area contributed by atoms with Gasteiger partial charge in [0.15, 0.2) is 0 Å². The smallest absolute Gasteiger partial charge is 0.310 e. The van der Waals surface area contributed by atoms with Crippen molar-refractivity contribution in [2.75, 3.05) is 0 Å². The molecule has 2 saturated carbocycles. The van der Waals surface area contributed by atoms with Gasteiger partial charge in [0.05, 0.1) is 11.8 Å². The van der Waals surface area contributed by atoms with Crippen molar-refractivity contribution in [2.45, 2.75) is 46.1 Å². The third kappa shape index (κ3) is 2.59. The summed E-state index contributed by atoms with van der Waals surface area (Å²) in [5.41, 5.74) is 0.631. The van der Waals surface area contributed by atoms with Crippen LogP contribution in [0.15, 0.2) is 24.8 Å². The molecule has 0 amide bonds. The number of fused-ring (bicyclic) bond motifs is 2. The highest BCUT2D eigenvalue weighted by atomic mass is 16.5. The van der Waals surface area contributed by atoms with Gasteiger partial charge in [-0.15, -0.1) is 6.58 Å². The second-order valence-electron chi connectivity index (χ2n) is 7.30. The van der Waals surface area contributed by atoms with Crippen LogP contribution in [0.25, 0.3) is 0 Å². The number of ether oxygens (including phenoxy) is 1. The number of hydrogen-bond donors (Lipinski definition) is 1. The number of carbonyl (C=O) groups is 2. The van der Waals surface area contributed by atoms with Gasteiger partial charge in [-0.2, -0.15) is 0 Å². The van der Waals surface area contributed by atoms with E-state index in [0.717, 1.165) is 18.4 Å². The second-order valence-corrected chi connectivity index (χ2v) is 7.30. The summed E-state index contributed by atoms with van der Waals surface area (Å²) in [7, 11) is 0. The lowest BCUT2D eigenvalue weighted by molar-refractivity contribution is -0.163. The molecule has 1 N–H and O–H groups in total. The van der Waals surface area contributed by atoms with Crippen molar-refractivity contribution in [1.29, 1.82) is 0 Å². The van der Waals surface area contributed by atoms with E-state index in [1.165, 1.54) is 0 Å². The van der Waals surface area contributed by atoms with Crippen LogP contribution in [0.1, 0.15) is 40.0 Å². The van der Waals surface area contributed by atoms with E-state index in [1.54, 1.807) is 13.0 Å². The molecule has 0 radical (unpaired) electrons. The van der Waals surface area contributed by atoms with Crippen LogP contribution in [-0.2, 0) is 14.3 Å². The molecule has 4 nitrogen and oxygen atoms in total. The average Bonchev–Trinajstić information content (AvgIpc) is 2.84. The summed E-state index contributed by atoms with van der Waals surface area (Å²) < 4.78 is 5.59. The van der Waals surface area contributed by atoms with E-state index in [1.807, 2.05) is 0 Å². The third-order valence-corrected chi connectivity index (χ3v) is 5.70. The molecule has 0 aromatic heterocycles. The minimum atomic E-state index is -0.877. The fourth-order valence-electron chi connectivity index (χ4n) is 4.52. The van der Waals surface area contributed by atoms with E-state index < -0.39 is 23.9 Å². The minimum absolute atomic E-state index is 0.0511. The van der Waals surface area contributed by atoms with E-state index in [0.29, 0.717) is 6.42 Å². The Morgan fingerprint density at radius 3 is 2.32 bits per heavy atom. The van der Waals surface area contributed by atoms with E-state index in [-0.39, 0.29) is 23.2 Å². The number of rotatable bonds is 6. The van der Waals surface area contributed by atoms with E-state index in [9.17, 15) is 14.7 Å². The molecule has 0 aliphatic heterocycles. The van der Waals surface area contributed by atoms with Crippen molar-refractivity contribution >= 4 is 11.9 Å². The predicted molar refractivity (Wildman–Crippen MR) is 84.1 cm³/mol. The Hall–Kier alpha value is -1.58. The highest BCUT2D eigenvalue weighted by molar-refractivity contribution is 5.83. The lowest BCUT2D eigenvalue weighted by atomic mass is 9.79. The molecule has 122 valence electrons. The molecule has 2 aliphatic carbocycles. The molecule has 4 heteroatoms. The van der Waals surface area contributed by atoms with E-state index >= 15 is 0 Å². The molecule has 0 saturated heterocycles. The molecular formula is C18H26O4. The first-order chi connectivity index (χ1) is 10.2. The first-order valence-corrected chi connectivity index (χ1v) is 7.91. The van der Waals surface area contributed by atoms with Crippen LogP contribution >= 0.6 is 0 Å². The highest BCUT2D eigenvalue weighted by Gasteiger charge is 2.64. The van der Waals surface area contributed by atoms with Gasteiger partial charge in [-0.05, 0) is 42.6 Å². The van der Waals surface area contributed by atoms with Gasteiger partial charge in [-0.3, -0.25) is 9.59 Å². The SMILES string of the molecule is C=CCC(OC(=O)C1C(C(=O)O)C2CCC1C2(C)C)C(=C)C. The lowest BCUT2D eigenvalue weighted by Crippen LogP contribution is -2.37. The quantitative estimate of drug-likeness (QED) is 0.603. The number of carboxylic acids is 1. The Bertz CT molecular complexity index is 505. The molecule has 22 heavy (non-hydrogen) atoms. The summed E-state index contributed by atoms with van der Waals surface area (Å²) in [6, 6.07) is 0. The summed E-state index contributed by atoms with van der Waals surface area (Å²) in [6.07, 6.45) is 3.56. The normalized spacial score (nSPS) is 33.2. The van der Waals surface area contributed by atoms with Gasteiger partial charge in [0.25, 0.3) is 0 Å². The molecule has 0 aromatic rings. The van der Waals surface area contributed by atoms with Crippen molar-refractivity contribution in [3.63, 3.8) is 0 Å². The van der Waals surface area contributed by atoms with Crippen LogP contribution < -0.4 is 0 Å². The Balaban J connectivity index is 2.22. The minimum Gasteiger partial charge on any atom is -0.481 e. The molecule has 5 unspecified atom stereocenters. The summed E-state index contributed by atoms with van der Waals surface area (Å²) in [6.45, 7) is 13.5. The Kier molecular flexibility index (Phi) is 4.50. The maximum Gasteiger partial charge on any atom is 0.310 e. The zero-order valence-electron chi connectivity index (χ0n) is 13.7. The Morgan fingerprint density at radius 2 is 1.86 bits per heavy atom. The highest BCUT2D eigenvalue weighted by Crippen LogP contribution is 2.63. The molecule has 0 heterocycles. The Morgan fingerprint density at radius 1 is 1.32 bits per heavy atom. The van der Waals surface area contributed by atoms with E-state index in [2.05, 4.69) is 27.0 Å². The van der Waals surface area contributed by atoms with Crippen LogP contribution in [0.3, 0.4) is 0 Å². The summed E-state index contributed by atoms with van der Waals surface area (Å²) >= 11 is 0. The van der Waals surface area contributed by atoms with Gasteiger partial charge in [-0.25, -0.2) is 0 Å². The molecule has 2 fully saturated rings. The van der Waals surface area contributed by atoms with Crippen LogP contribution in [-0.4, -0.2) is 23.1 Å². The second kappa shape index (κ2) is 5.90. The molecule has 0 spiro atoms. The first kappa shape index (κ1) is 16.8. The third-order valence-electron chi connectivity index (χ3n) is 5.70. The number of hydrogen-bond acceptors (Lipinski definition) is 3. The van der Waals surface area contributed by atoms with Gasteiger partial charge in [-0.1, -0.05) is 26.5 Å². The Labute approximate surface area is 132 Å². The molecule has 2 bridgehead atoms. The van der Waals surface area contributed by atoms with Gasteiger partial charge in [0, 0.05) is 6.42 Å². The summed E-state index contributed by atoms with van der Waals surface area (Å²) in [5.74, 6) is -2.30. The van der Waals surface area contributed by atoms with Crippen LogP contribution in [0, 0.1) is 29.1 Å². The molecule has 5 atom stereocenters. The molecule has 2 aliphatic rings. The average molecular weight is 306 g/mol. The van der Waals surface area contributed by atoms with Crippen LogP contribution in [0.4, 0.5) is 0 Å². The van der Waals surface area contributed by atoms with Gasteiger partial charge < -0.3 is 9.84 Å². The fraction of sp³-hybridized carbons (Fsp3) is 0.667. The van der Waals surface area contributed by atoms with Crippen LogP contribution in [0.5, 0.6) is 0 Å². The summed E-state index contributed by atoms with van der Waals surface area (Å²) in [4.78, 5) is 24.4. The van der Waals surface area contributed by atoms with Gasteiger partial charge in [0.1, 0.15) is 6.10 Å². The molecule has 2 rings (SSSR count). The van der Waals surface area contributed by atoms with Crippen molar-refractivity contribution < 1.29 is 19.4 Å². The maximum atomic E-state index is 12.7. The predicted octanol–water partition coefficient (Wildman–Crippen LogP) is 3.43. The van der Waals surface area contributed by atoms with Gasteiger partial charge in [0.2, 0.25) is 0 Å². The topological polar surface area (TPSA) is 63.6 Å². The summed E-state index contributed by atoms with van der Waals surface area (Å²) in [5, 5.41) is 9.59. The largest absolute Gasteiger partial charge is 0.481 e. The van der Waals surface area contributed by atoms with Crippen molar-refractivity contribution in [2.24, 2.45) is 29.1 Å². The van der Waals surface area contributed by atoms with Crippen molar-refractivity contribution in [3.8, 4) is 0 Å². The fourth-order valence-corrected chi connectivity index (χ4v) is 4.52. The maximum absolute atomic E-state index is 12.7.